The lowest BCUT2D eigenvalue weighted by Crippen LogP contribution is -2.38. The van der Waals surface area contributed by atoms with Gasteiger partial charge >= 0.3 is 0 Å². The van der Waals surface area contributed by atoms with Crippen LogP contribution in [0.4, 0.5) is 0 Å². The quantitative estimate of drug-likeness (QED) is 0.872. The first kappa shape index (κ1) is 15.7. The SMILES string of the molecule is CCNC(c1ccccc1OC(C)C)C1CSCCO1. The molecule has 0 saturated carbocycles. The van der Waals surface area contributed by atoms with Gasteiger partial charge in [-0.1, -0.05) is 25.1 Å². The molecule has 1 aliphatic rings. The maximum Gasteiger partial charge on any atom is 0.124 e. The van der Waals surface area contributed by atoms with Gasteiger partial charge in [-0.05, 0) is 26.5 Å². The molecule has 112 valence electrons. The number of benzene rings is 1. The molecule has 0 radical (unpaired) electrons. The molecule has 20 heavy (non-hydrogen) atoms. The molecule has 0 aliphatic carbocycles. The Labute approximate surface area is 126 Å². The third-order valence-corrected chi connectivity index (χ3v) is 4.27. The molecule has 0 aromatic heterocycles. The van der Waals surface area contributed by atoms with Crippen LogP contribution in [0.1, 0.15) is 32.4 Å². The largest absolute Gasteiger partial charge is 0.491 e. The van der Waals surface area contributed by atoms with Crippen LogP contribution in [0.15, 0.2) is 24.3 Å². The highest BCUT2D eigenvalue weighted by Crippen LogP contribution is 2.32. The molecule has 1 aliphatic heterocycles. The Morgan fingerprint density at radius 3 is 2.85 bits per heavy atom. The molecular weight excluding hydrogens is 270 g/mol. The predicted molar refractivity (Wildman–Crippen MR) is 85.7 cm³/mol. The molecule has 1 saturated heterocycles. The summed E-state index contributed by atoms with van der Waals surface area (Å²) in [4.78, 5) is 0. The maximum atomic E-state index is 5.97. The van der Waals surface area contributed by atoms with E-state index >= 15 is 0 Å². The van der Waals surface area contributed by atoms with Crippen molar-refractivity contribution in [3.8, 4) is 5.75 Å². The van der Waals surface area contributed by atoms with Gasteiger partial charge < -0.3 is 14.8 Å². The first-order valence-electron chi connectivity index (χ1n) is 7.40. The molecule has 1 aromatic carbocycles. The van der Waals surface area contributed by atoms with Crippen LogP contribution in [0.2, 0.25) is 0 Å². The summed E-state index contributed by atoms with van der Waals surface area (Å²) in [6.45, 7) is 8.02. The number of hydrogen-bond donors (Lipinski definition) is 1. The van der Waals surface area contributed by atoms with E-state index in [1.54, 1.807) is 0 Å². The number of nitrogens with one attached hydrogen (secondary N) is 1. The van der Waals surface area contributed by atoms with E-state index in [4.69, 9.17) is 9.47 Å². The van der Waals surface area contributed by atoms with Crippen molar-refractivity contribution >= 4 is 11.8 Å². The number of likely N-dealkylation sites (N-methyl/N-ethyl adjacent to an activating group) is 1. The molecule has 2 atom stereocenters. The lowest BCUT2D eigenvalue weighted by atomic mass is 10.0. The maximum absolute atomic E-state index is 5.97. The summed E-state index contributed by atoms with van der Waals surface area (Å²) < 4.78 is 11.9. The van der Waals surface area contributed by atoms with Crippen LogP contribution in [-0.2, 0) is 4.74 Å². The van der Waals surface area contributed by atoms with E-state index in [2.05, 4.69) is 44.3 Å². The summed E-state index contributed by atoms with van der Waals surface area (Å²) in [5.74, 6) is 3.10. The Bertz CT molecular complexity index is 405. The normalized spacial score (nSPS) is 20.9. The van der Waals surface area contributed by atoms with Crippen LogP contribution in [0.5, 0.6) is 5.75 Å². The van der Waals surface area contributed by atoms with Crippen molar-refractivity contribution < 1.29 is 9.47 Å². The van der Waals surface area contributed by atoms with E-state index in [9.17, 15) is 0 Å². The molecule has 2 unspecified atom stereocenters. The van der Waals surface area contributed by atoms with Crippen LogP contribution in [0, 0.1) is 0 Å². The van der Waals surface area contributed by atoms with Gasteiger partial charge in [0.15, 0.2) is 0 Å². The van der Waals surface area contributed by atoms with E-state index in [0.717, 1.165) is 30.4 Å². The minimum absolute atomic E-state index is 0.181. The van der Waals surface area contributed by atoms with E-state index in [0.29, 0.717) is 0 Å². The van der Waals surface area contributed by atoms with Crippen LogP contribution in [0.3, 0.4) is 0 Å². The zero-order chi connectivity index (χ0) is 14.4. The third-order valence-electron chi connectivity index (χ3n) is 3.25. The second kappa shape index (κ2) is 7.91. The Morgan fingerprint density at radius 2 is 2.20 bits per heavy atom. The van der Waals surface area contributed by atoms with Crippen molar-refractivity contribution in [2.24, 2.45) is 0 Å². The summed E-state index contributed by atoms with van der Waals surface area (Å²) in [6.07, 6.45) is 0.394. The fourth-order valence-electron chi connectivity index (χ4n) is 2.46. The standard InChI is InChI=1S/C16H25NO2S/c1-4-17-16(15-11-20-10-9-18-15)13-7-5-6-8-14(13)19-12(2)3/h5-8,12,15-17H,4,9-11H2,1-3H3. The monoisotopic (exact) mass is 295 g/mol. The van der Waals surface area contributed by atoms with Crippen LogP contribution in [0.25, 0.3) is 0 Å². The van der Waals surface area contributed by atoms with Crippen molar-refractivity contribution in [1.82, 2.24) is 5.32 Å². The molecule has 1 fully saturated rings. The van der Waals surface area contributed by atoms with Gasteiger partial charge in [0.05, 0.1) is 24.9 Å². The molecule has 0 amide bonds. The summed E-state index contributed by atoms with van der Waals surface area (Å²) in [7, 11) is 0. The topological polar surface area (TPSA) is 30.5 Å². The van der Waals surface area contributed by atoms with Gasteiger partial charge in [0, 0.05) is 17.1 Å². The van der Waals surface area contributed by atoms with Gasteiger partial charge in [0.1, 0.15) is 5.75 Å². The Kier molecular flexibility index (Phi) is 6.20. The fourth-order valence-corrected chi connectivity index (χ4v) is 3.36. The second-order valence-corrected chi connectivity index (χ2v) is 6.37. The van der Waals surface area contributed by atoms with Crippen molar-refractivity contribution in [3.63, 3.8) is 0 Å². The lowest BCUT2D eigenvalue weighted by molar-refractivity contribution is 0.0461. The zero-order valence-corrected chi connectivity index (χ0v) is 13.4. The Balaban J connectivity index is 2.23. The summed E-state index contributed by atoms with van der Waals surface area (Å²) >= 11 is 1.97. The molecule has 1 aromatic rings. The molecule has 4 heteroatoms. The van der Waals surface area contributed by atoms with Gasteiger partial charge in [0.2, 0.25) is 0 Å². The second-order valence-electron chi connectivity index (χ2n) is 5.22. The zero-order valence-electron chi connectivity index (χ0n) is 12.6. The fraction of sp³-hybridized carbons (Fsp3) is 0.625. The minimum atomic E-state index is 0.181. The summed E-state index contributed by atoms with van der Waals surface area (Å²) in [6, 6.07) is 8.50. The van der Waals surface area contributed by atoms with Crippen molar-refractivity contribution in [1.29, 1.82) is 0 Å². The number of rotatable bonds is 6. The minimum Gasteiger partial charge on any atom is -0.491 e. The highest BCUT2D eigenvalue weighted by molar-refractivity contribution is 7.99. The first-order valence-corrected chi connectivity index (χ1v) is 8.56. The average Bonchev–Trinajstić information content (AvgIpc) is 2.46. The smallest absolute Gasteiger partial charge is 0.124 e. The van der Waals surface area contributed by atoms with Crippen molar-refractivity contribution in [3.05, 3.63) is 29.8 Å². The van der Waals surface area contributed by atoms with Crippen LogP contribution < -0.4 is 10.1 Å². The highest BCUT2D eigenvalue weighted by Gasteiger charge is 2.28. The highest BCUT2D eigenvalue weighted by atomic mass is 32.2. The molecule has 0 bridgehead atoms. The van der Waals surface area contributed by atoms with Crippen LogP contribution >= 0.6 is 11.8 Å². The van der Waals surface area contributed by atoms with Crippen molar-refractivity contribution in [2.45, 2.75) is 39.0 Å². The Hall–Kier alpha value is -0.710. The third kappa shape index (κ3) is 4.14. The molecule has 0 spiro atoms. The molecular formula is C16H25NO2S. The van der Waals surface area contributed by atoms with Crippen molar-refractivity contribution in [2.75, 3.05) is 24.7 Å². The molecule has 2 rings (SSSR count). The molecule has 1 N–H and O–H groups in total. The van der Waals surface area contributed by atoms with Gasteiger partial charge in [-0.3, -0.25) is 0 Å². The molecule has 3 nitrogen and oxygen atoms in total. The number of thioether (sulfide) groups is 1. The van der Waals surface area contributed by atoms with Gasteiger partial charge in [-0.2, -0.15) is 11.8 Å². The first-order chi connectivity index (χ1) is 9.72. The number of hydrogen-bond acceptors (Lipinski definition) is 4. The lowest BCUT2D eigenvalue weighted by Gasteiger charge is -2.32. The van der Waals surface area contributed by atoms with Gasteiger partial charge in [-0.15, -0.1) is 0 Å². The van der Waals surface area contributed by atoms with Gasteiger partial charge in [0.25, 0.3) is 0 Å². The van der Waals surface area contributed by atoms with E-state index in [1.165, 1.54) is 5.56 Å². The summed E-state index contributed by atoms with van der Waals surface area (Å²) in [5.41, 5.74) is 1.20. The Morgan fingerprint density at radius 1 is 1.40 bits per heavy atom. The predicted octanol–water partition coefficient (Wildman–Crippen LogP) is 3.26. The average molecular weight is 295 g/mol. The van der Waals surface area contributed by atoms with E-state index in [1.807, 2.05) is 17.8 Å². The van der Waals surface area contributed by atoms with E-state index in [-0.39, 0.29) is 18.2 Å². The van der Waals surface area contributed by atoms with Crippen LogP contribution in [-0.4, -0.2) is 36.9 Å². The van der Waals surface area contributed by atoms with Gasteiger partial charge in [-0.25, -0.2) is 0 Å². The summed E-state index contributed by atoms with van der Waals surface area (Å²) in [5, 5.41) is 3.56. The molecule has 1 heterocycles. The van der Waals surface area contributed by atoms with E-state index < -0.39 is 0 Å². The number of para-hydroxylation sites is 1. The number of ether oxygens (including phenoxy) is 2.